The molecule has 0 aliphatic heterocycles. The average molecular weight is 276 g/mol. The summed E-state index contributed by atoms with van der Waals surface area (Å²) in [6, 6.07) is 7.27. The number of hydrogen-bond donors (Lipinski definition) is 1. The highest BCUT2D eigenvalue weighted by atomic mass is 16.4. The molecule has 1 aromatic carbocycles. The fourth-order valence-corrected chi connectivity index (χ4v) is 2.49. The Morgan fingerprint density at radius 2 is 1.60 bits per heavy atom. The molecule has 1 N–H and O–H groups in total. The molecule has 2 nitrogen and oxygen atoms in total. The summed E-state index contributed by atoms with van der Waals surface area (Å²) in [5, 5.41) is 8.85. The zero-order chi connectivity index (χ0) is 15.0. The van der Waals surface area contributed by atoms with Gasteiger partial charge in [0.15, 0.2) is 0 Å². The first kappa shape index (κ1) is 16.7. The second-order valence-corrected chi connectivity index (χ2v) is 6.32. The Morgan fingerprint density at radius 1 is 1.00 bits per heavy atom. The molecule has 112 valence electrons. The van der Waals surface area contributed by atoms with E-state index in [1.54, 1.807) is 12.1 Å². The zero-order valence-electron chi connectivity index (χ0n) is 13.1. The molecule has 0 saturated carbocycles. The number of rotatable bonds is 9. The fourth-order valence-electron chi connectivity index (χ4n) is 2.49. The standard InChI is InChI=1S/C18H28O2/c1-14(2)6-4-7-15(3)8-5-9-16-10-12-17(13-11-16)18(19)20/h10-15H,4-9H2,1-3H3,(H,19,20)/t15-/m0/s1. The van der Waals surface area contributed by atoms with Gasteiger partial charge in [-0.3, -0.25) is 0 Å². The number of aromatic carboxylic acids is 1. The molecule has 0 aromatic heterocycles. The number of benzene rings is 1. The summed E-state index contributed by atoms with van der Waals surface area (Å²) >= 11 is 0. The van der Waals surface area contributed by atoms with E-state index in [1.165, 1.54) is 37.7 Å². The van der Waals surface area contributed by atoms with Crippen molar-refractivity contribution in [2.45, 2.75) is 59.3 Å². The summed E-state index contributed by atoms with van der Waals surface area (Å²) in [5.41, 5.74) is 1.61. The first-order chi connectivity index (χ1) is 9.49. The van der Waals surface area contributed by atoms with E-state index in [1.807, 2.05) is 12.1 Å². The van der Waals surface area contributed by atoms with Crippen LogP contribution in [-0.4, -0.2) is 11.1 Å². The van der Waals surface area contributed by atoms with Crippen LogP contribution in [0.25, 0.3) is 0 Å². The molecule has 0 fully saturated rings. The molecule has 0 aliphatic carbocycles. The summed E-state index contributed by atoms with van der Waals surface area (Å²) < 4.78 is 0. The lowest BCUT2D eigenvalue weighted by atomic mass is 9.94. The predicted octanol–water partition coefficient (Wildman–Crippen LogP) is 5.17. The monoisotopic (exact) mass is 276 g/mol. The molecule has 1 atom stereocenters. The van der Waals surface area contributed by atoms with Crippen molar-refractivity contribution in [3.63, 3.8) is 0 Å². The van der Waals surface area contributed by atoms with Crippen LogP contribution in [0.3, 0.4) is 0 Å². The fraction of sp³-hybridized carbons (Fsp3) is 0.611. The molecule has 0 heterocycles. The number of hydrogen-bond acceptors (Lipinski definition) is 1. The highest BCUT2D eigenvalue weighted by molar-refractivity contribution is 5.87. The van der Waals surface area contributed by atoms with Gasteiger partial charge in [-0.15, -0.1) is 0 Å². The van der Waals surface area contributed by atoms with Gasteiger partial charge < -0.3 is 5.11 Å². The van der Waals surface area contributed by atoms with Crippen LogP contribution < -0.4 is 0 Å². The highest BCUT2D eigenvalue weighted by Gasteiger charge is 2.05. The second kappa shape index (κ2) is 8.78. The van der Waals surface area contributed by atoms with Crippen molar-refractivity contribution in [1.29, 1.82) is 0 Å². The first-order valence-electron chi connectivity index (χ1n) is 7.81. The van der Waals surface area contributed by atoms with Crippen LogP contribution in [0, 0.1) is 11.8 Å². The molecule has 0 spiro atoms. The third kappa shape index (κ3) is 6.74. The molecule has 20 heavy (non-hydrogen) atoms. The van der Waals surface area contributed by atoms with Gasteiger partial charge in [0.05, 0.1) is 5.56 Å². The lowest BCUT2D eigenvalue weighted by Gasteiger charge is -2.12. The molecule has 0 aliphatic rings. The SMILES string of the molecule is CC(C)CCC[C@H](C)CCCc1ccc(C(=O)O)cc1. The van der Waals surface area contributed by atoms with Gasteiger partial charge in [-0.1, -0.05) is 58.6 Å². The van der Waals surface area contributed by atoms with Crippen molar-refractivity contribution in [1.82, 2.24) is 0 Å². The Morgan fingerprint density at radius 3 is 2.15 bits per heavy atom. The van der Waals surface area contributed by atoms with Crippen LogP contribution in [0.5, 0.6) is 0 Å². The average Bonchev–Trinajstić information content (AvgIpc) is 2.39. The van der Waals surface area contributed by atoms with Crippen molar-refractivity contribution in [2.24, 2.45) is 11.8 Å². The molecule has 0 bridgehead atoms. The van der Waals surface area contributed by atoms with Gasteiger partial charge in [-0.05, 0) is 42.4 Å². The normalized spacial score (nSPS) is 12.6. The molecule has 0 radical (unpaired) electrons. The highest BCUT2D eigenvalue weighted by Crippen LogP contribution is 2.18. The van der Waals surface area contributed by atoms with E-state index in [2.05, 4.69) is 20.8 Å². The van der Waals surface area contributed by atoms with Crippen molar-refractivity contribution in [2.75, 3.05) is 0 Å². The topological polar surface area (TPSA) is 37.3 Å². The maximum Gasteiger partial charge on any atom is 0.335 e. The van der Waals surface area contributed by atoms with E-state index in [9.17, 15) is 4.79 Å². The number of aryl methyl sites for hydroxylation is 1. The van der Waals surface area contributed by atoms with Crippen molar-refractivity contribution >= 4 is 5.97 Å². The molecular formula is C18H28O2. The van der Waals surface area contributed by atoms with Gasteiger partial charge in [-0.25, -0.2) is 4.79 Å². The van der Waals surface area contributed by atoms with Gasteiger partial charge in [-0.2, -0.15) is 0 Å². The van der Waals surface area contributed by atoms with Crippen LogP contribution in [0.4, 0.5) is 0 Å². The molecule has 1 rings (SSSR count). The van der Waals surface area contributed by atoms with Crippen LogP contribution >= 0.6 is 0 Å². The van der Waals surface area contributed by atoms with E-state index in [-0.39, 0.29) is 0 Å². The van der Waals surface area contributed by atoms with Crippen molar-refractivity contribution in [3.8, 4) is 0 Å². The molecular weight excluding hydrogens is 248 g/mol. The Hall–Kier alpha value is -1.31. The third-order valence-corrected chi connectivity index (χ3v) is 3.84. The molecule has 0 saturated heterocycles. The van der Waals surface area contributed by atoms with Crippen molar-refractivity contribution < 1.29 is 9.90 Å². The molecule has 1 aromatic rings. The largest absolute Gasteiger partial charge is 0.478 e. The second-order valence-electron chi connectivity index (χ2n) is 6.32. The smallest absolute Gasteiger partial charge is 0.335 e. The van der Waals surface area contributed by atoms with E-state index in [4.69, 9.17) is 5.11 Å². The Labute approximate surface area is 123 Å². The first-order valence-corrected chi connectivity index (χ1v) is 7.81. The van der Waals surface area contributed by atoms with Gasteiger partial charge >= 0.3 is 5.97 Å². The number of carboxylic acid groups (broad SMARTS) is 1. The van der Waals surface area contributed by atoms with Gasteiger partial charge in [0.1, 0.15) is 0 Å². The van der Waals surface area contributed by atoms with Crippen molar-refractivity contribution in [3.05, 3.63) is 35.4 Å². The maximum atomic E-state index is 10.8. The van der Waals surface area contributed by atoms with Gasteiger partial charge in [0.2, 0.25) is 0 Å². The molecule has 0 unspecified atom stereocenters. The summed E-state index contributed by atoms with van der Waals surface area (Å²) in [7, 11) is 0. The summed E-state index contributed by atoms with van der Waals surface area (Å²) in [5.74, 6) is 0.761. The van der Waals surface area contributed by atoms with Crippen LogP contribution in [-0.2, 0) is 6.42 Å². The quantitative estimate of drug-likeness (QED) is 0.675. The van der Waals surface area contributed by atoms with E-state index >= 15 is 0 Å². The maximum absolute atomic E-state index is 10.8. The molecule has 2 heteroatoms. The van der Waals surface area contributed by atoms with E-state index in [0.29, 0.717) is 5.56 Å². The zero-order valence-corrected chi connectivity index (χ0v) is 13.1. The Kier molecular flexibility index (Phi) is 7.35. The van der Waals surface area contributed by atoms with E-state index < -0.39 is 5.97 Å². The van der Waals surface area contributed by atoms with E-state index in [0.717, 1.165) is 18.3 Å². The Balaban J connectivity index is 2.21. The minimum Gasteiger partial charge on any atom is -0.478 e. The minimum absolute atomic E-state index is 0.371. The lowest BCUT2D eigenvalue weighted by molar-refractivity contribution is 0.0697. The summed E-state index contributed by atoms with van der Waals surface area (Å²) in [4.78, 5) is 10.8. The number of carbonyl (C=O) groups is 1. The summed E-state index contributed by atoms with van der Waals surface area (Å²) in [6.07, 6.45) is 7.51. The summed E-state index contributed by atoms with van der Waals surface area (Å²) in [6.45, 7) is 6.91. The van der Waals surface area contributed by atoms with Crippen LogP contribution in [0.2, 0.25) is 0 Å². The molecule has 0 amide bonds. The van der Waals surface area contributed by atoms with Gasteiger partial charge in [0, 0.05) is 0 Å². The minimum atomic E-state index is -0.852. The van der Waals surface area contributed by atoms with Crippen LogP contribution in [0.15, 0.2) is 24.3 Å². The van der Waals surface area contributed by atoms with Crippen LogP contribution in [0.1, 0.15) is 68.8 Å². The van der Waals surface area contributed by atoms with Gasteiger partial charge in [0.25, 0.3) is 0 Å². The lowest BCUT2D eigenvalue weighted by Crippen LogP contribution is -1.99. The predicted molar refractivity (Wildman–Crippen MR) is 84.2 cm³/mol. The number of carboxylic acids is 1. The third-order valence-electron chi connectivity index (χ3n) is 3.84. The Bertz CT molecular complexity index is 392.